The summed E-state index contributed by atoms with van der Waals surface area (Å²) in [5.74, 6) is -0.416. The average molecular weight is 366 g/mol. The Kier molecular flexibility index (Phi) is 3.33. The van der Waals surface area contributed by atoms with Gasteiger partial charge < -0.3 is 9.88 Å². The molecule has 0 fully saturated rings. The van der Waals surface area contributed by atoms with Crippen LogP contribution >= 0.6 is 0 Å². The van der Waals surface area contributed by atoms with E-state index >= 15 is 0 Å². The highest BCUT2D eigenvalue weighted by atomic mass is 19.1. The van der Waals surface area contributed by atoms with Gasteiger partial charge in [0.05, 0.1) is 17.7 Å². The molecule has 1 aliphatic heterocycles. The molecule has 5 heterocycles. The molecule has 136 valence electrons. The van der Waals surface area contributed by atoms with Crippen molar-refractivity contribution in [1.82, 2.24) is 39.2 Å². The third-order valence-corrected chi connectivity index (χ3v) is 4.84. The number of halogens is 1. The molecule has 9 nitrogen and oxygen atoms in total. The maximum atomic E-state index is 14.1. The summed E-state index contributed by atoms with van der Waals surface area (Å²) < 4.78 is 17.1. The average Bonchev–Trinajstić information content (AvgIpc) is 3.39. The van der Waals surface area contributed by atoms with Gasteiger partial charge in [0.2, 0.25) is 5.82 Å². The Morgan fingerprint density at radius 2 is 2.26 bits per heavy atom. The van der Waals surface area contributed by atoms with Crippen LogP contribution in [0.2, 0.25) is 0 Å². The summed E-state index contributed by atoms with van der Waals surface area (Å²) in [6.07, 6.45) is 5.25. The third kappa shape index (κ3) is 2.33. The van der Waals surface area contributed by atoms with Gasteiger partial charge in [0.25, 0.3) is 5.91 Å². The lowest BCUT2D eigenvalue weighted by Crippen LogP contribution is -2.42. The Morgan fingerprint density at radius 1 is 1.37 bits per heavy atom. The number of aryl methyl sites for hydroxylation is 1. The number of carbonyl (C=O) groups is 1. The fourth-order valence-corrected chi connectivity index (χ4v) is 3.55. The number of nitrogens with one attached hydrogen (secondary N) is 1. The van der Waals surface area contributed by atoms with Crippen molar-refractivity contribution < 1.29 is 9.18 Å². The van der Waals surface area contributed by atoms with Gasteiger partial charge in [-0.2, -0.15) is 10.2 Å². The topological polar surface area (TPSA) is 97.0 Å². The molecule has 4 aromatic heterocycles. The summed E-state index contributed by atoms with van der Waals surface area (Å²) in [6.45, 7) is 0.460. The SMILES string of the molecule is Cn1ncnc1C(=O)N1CCc2[nH]cnc2C1c1cc2c(F)cccn2n1. The number of carbonyl (C=O) groups excluding carboxylic acids is 1. The largest absolute Gasteiger partial charge is 0.348 e. The minimum absolute atomic E-state index is 0.230. The van der Waals surface area contributed by atoms with Gasteiger partial charge in [-0.15, -0.1) is 0 Å². The zero-order valence-electron chi connectivity index (χ0n) is 14.4. The van der Waals surface area contributed by atoms with Gasteiger partial charge in [-0.1, -0.05) is 0 Å². The highest BCUT2D eigenvalue weighted by Gasteiger charge is 2.37. The first-order valence-electron chi connectivity index (χ1n) is 8.44. The van der Waals surface area contributed by atoms with Gasteiger partial charge >= 0.3 is 0 Å². The first kappa shape index (κ1) is 15.7. The molecule has 27 heavy (non-hydrogen) atoms. The summed E-state index contributed by atoms with van der Waals surface area (Å²) >= 11 is 0. The lowest BCUT2D eigenvalue weighted by Gasteiger charge is -2.33. The van der Waals surface area contributed by atoms with Crippen LogP contribution in [0.4, 0.5) is 4.39 Å². The van der Waals surface area contributed by atoms with Crippen molar-refractivity contribution >= 4 is 11.4 Å². The molecule has 0 spiro atoms. The Labute approximate surface area is 152 Å². The molecule has 1 atom stereocenters. The smallest absolute Gasteiger partial charge is 0.292 e. The molecule has 1 N–H and O–H groups in total. The summed E-state index contributed by atoms with van der Waals surface area (Å²) in [4.78, 5) is 26.4. The van der Waals surface area contributed by atoms with Crippen molar-refractivity contribution in [3.05, 3.63) is 65.8 Å². The molecule has 0 saturated carbocycles. The lowest BCUT2D eigenvalue weighted by atomic mass is 9.99. The fourth-order valence-electron chi connectivity index (χ4n) is 3.55. The quantitative estimate of drug-likeness (QED) is 0.573. The van der Waals surface area contributed by atoms with E-state index in [1.807, 2.05) is 0 Å². The van der Waals surface area contributed by atoms with E-state index in [-0.39, 0.29) is 17.5 Å². The number of rotatable bonds is 2. The Balaban J connectivity index is 1.66. The van der Waals surface area contributed by atoms with Crippen LogP contribution < -0.4 is 0 Å². The van der Waals surface area contributed by atoms with Crippen LogP contribution in [0.15, 0.2) is 37.1 Å². The Hall–Kier alpha value is -3.56. The van der Waals surface area contributed by atoms with Crippen LogP contribution in [0.3, 0.4) is 0 Å². The van der Waals surface area contributed by atoms with E-state index in [2.05, 4.69) is 25.1 Å². The van der Waals surface area contributed by atoms with Crippen molar-refractivity contribution in [3.63, 3.8) is 0 Å². The van der Waals surface area contributed by atoms with E-state index in [0.717, 1.165) is 5.69 Å². The van der Waals surface area contributed by atoms with Crippen LogP contribution in [0.1, 0.15) is 33.7 Å². The molecule has 1 amide bonds. The predicted molar refractivity (Wildman–Crippen MR) is 91.3 cm³/mol. The number of fused-ring (bicyclic) bond motifs is 2. The molecule has 10 heteroatoms. The minimum atomic E-state index is -0.538. The van der Waals surface area contributed by atoms with Crippen LogP contribution in [-0.2, 0) is 13.5 Å². The van der Waals surface area contributed by atoms with E-state index in [9.17, 15) is 9.18 Å². The van der Waals surface area contributed by atoms with Crippen molar-refractivity contribution in [1.29, 1.82) is 0 Å². The van der Waals surface area contributed by atoms with Gasteiger partial charge in [-0.3, -0.25) is 4.79 Å². The highest BCUT2D eigenvalue weighted by Crippen LogP contribution is 2.34. The molecule has 5 rings (SSSR count). The first-order valence-corrected chi connectivity index (χ1v) is 8.44. The molecule has 0 saturated heterocycles. The first-order chi connectivity index (χ1) is 13.1. The zero-order chi connectivity index (χ0) is 18.5. The van der Waals surface area contributed by atoms with E-state index in [1.54, 1.807) is 36.6 Å². The van der Waals surface area contributed by atoms with Crippen molar-refractivity contribution in [2.75, 3.05) is 6.54 Å². The molecule has 1 unspecified atom stereocenters. The number of hydrogen-bond donors (Lipinski definition) is 1. The number of aromatic amines is 1. The second kappa shape index (κ2) is 5.73. The lowest BCUT2D eigenvalue weighted by molar-refractivity contribution is 0.0669. The molecule has 4 aromatic rings. The van der Waals surface area contributed by atoms with Gasteiger partial charge in [-0.05, 0) is 18.2 Å². The van der Waals surface area contributed by atoms with Gasteiger partial charge in [-0.25, -0.2) is 23.6 Å². The summed E-state index contributed by atoms with van der Waals surface area (Å²) in [5.41, 5.74) is 2.55. The number of H-pyrrole nitrogens is 1. The molecule has 0 bridgehead atoms. The number of hydrogen-bond acceptors (Lipinski definition) is 5. The predicted octanol–water partition coefficient (Wildman–Crippen LogP) is 1.11. The van der Waals surface area contributed by atoms with Crippen LogP contribution in [0.25, 0.3) is 5.52 Å². The van der Waals surface area contributed by atoms with Crippen LogP contribution in [0.5, 0.6) is 0 Å². The maximum Gasteiger partial charge on any atom is 0.292 e. The monoisotopic (exact) mass is 366 g/mol. The van der Waals surface area contributed by atoms with Gasteiger partial charge in [0, 0.05) is 31.9 Å². The minimum Gasteiger partial charge on any atom is -0.348 e. The van der Waals surface area contributed by atoms with Crippen molar-refractivity contribution in [3.8, 4) is 0 Å². The Morgan fingerprint density at radius 3 is 3.04 bits per heavy atom. The van der Waals surface area contributed by atoms with E-state index in [1.165, 1.54) is 21.6 Å². The molecule has 1 aliphatic rings. The second-order valence-electron chi connectivity index (χ2n) is 6.38. The van der Waals surface area contributed by atoms with E-state index < -0.39 is 6.04 Å². The second-order valence-corrected chi connectivity index (χ2v) is 6.38. The molecular weight excluding hydrogens is 351 g/mol. The number of pyridine rings is 1. The number of nitrogens with zero attached hydrogens (tertiary/aromatic N) is 7. The summed E-state index contributed by atoms with van der Waals surface area (Å²) in [5, 5.41) is 8.48. The number of imidazole rings is 1. The standard InChI is InChI=1S/C17H15FN8O/c1-24-16(21-9-22-24)17(27)25-6-4-11-14(20-8-19-11)15(25)12-7-13-10(18)3-2-5-26(13)23-12/h2-3,5,7-9,15H,4,6H2,1H3,(H,19,20). The van der Waals surface area contributed by atoms with Crippen molar-refractivity contribution in [2.45, 2.75) is 12.5 Å². The van der Waals surface area contributed by atoms with Crippen LogP contribution in [-0.4, -0.2) is 51.7 Å². The van der Waals surface area contributed by atoms with Crippen LogP contribution in [0, 0.1) is 5.82 Å². The zero-order valence-corrected chi connectivity index (χ0v) is 14.4. The third-order valence-electron chi connectivity index (χ3n) is 4.84. The van der Waals surface area contributed by atoms with Gasteiger partial charge in [0.1, 0.15) is 23.7 Å². The highest BCUT2D eigenvalue weighted by molar-refractivity contribution is 5.91. The summed E-state index contributed by atoms with van der Waals surface area (Å²) in [7, 11) is 1.67. The Bertz CT molecular complexity index is 1160. The van der Waals surface area contributed by atoms with E-state index in [0.29, 0.717) is 29.9 Å². The molecular formula is C17H15FN8O. The molecule has 0 radical (unpaired) electrons. The molecule has 0 aliphatic carbocycles. The number of aromatic nitrogens is 7. The van der Waals surface area contributed by atoms with Crippen molar-refractivity contribution in [2.24, 2.45) is 7.05 Å². The maximum absolute atomic E-state index is 14.1. The summed E-state index contributed by atoms with van der Waals surface area (Å²) in [6, 6.07) is 4.08. The van der Waals surface area contributed by atoms with E-state index in [4.69, 9.17) is 0 Å². The number of amides is 1. The van der Waals surface area contributed by atoms with Gasteiger partial charge in [0.15, 0.2) is 0 Å². The molecule has 0 aromatic carbocycles. The fraction of sp³-hybridized carbons (Fsp3) is 0.235. The normalized spacial score (nSPS) is 16.7.